The second-order valence-corrected chi connectivity index (χ2v) is 11.4. The molecule has 0 saturated carbocycles. The van der Waals surface area contributed by atoms with Crippen molar-refractivity contribution in [1.29, 1.82) is 0 Å². The largest absolute Gasteiger partial charge is 0.444 e. The van der Waals surface area contributed by atoms with Crippen LogP contribution in [0.1, 0.15) is 64.1 Å². The van der Waals surface area contributed by atoms with Gasteiger partial charge in [0, 0.05) is 31.4 Å². The van der Waals surface area contributed by atoms with Crippen LogP contribution in [0.2, 0.25) is 0 Å². The Balaban J connectivity index is 1.21. The lowest BCUT2D eigenvalue weighted by atomic mass is 10.0. The van der Waals surface area contributed by atoms with Gasteiger partial charge < -0.3 is 14.5 Å². The van der Waals surface area contributed by atoms with Gasteiger partial charge in [-0.3, -0.25) is 0 Å². The van der Waals surface area contributed by atoms with Crippen molar-refractivity contribution >= 4 is 17.6 Å². The molecule has 0 aliphatic carbocycles. The number of piperidine rings is 1. The summed E-state index contributed by atoms with van der Waals surface area (Å²) >= 11 is 0. The van der Waals surface area contributed by atoms with Crippen LogP contribution < -0.4 is 4.90 Å². The third-order valence-corrected chi connectivity index (χ3v) is 7.50. The lowest BCUT2D eigenvalue weighted by Crippen LogP contribution is -2.42. The van der Waals surface area contributed by atoms with Crippen molar-refractivity contribution in [2.24, 2.45) is 0 Å². The van der Waals surface area contributed by atoms with Crippen molar-refractivity contribution in [1.82, 2.24) is 34.5 Å². The minimum absolute atomic E-state index is 0.108. The van der Waals surface area contributed by atoms with Crippen LogP contribution in [0.25, 0.3) is 16.9 Å². The Labute approximate surface area is 230 Å². The third kappa shape index (κ3) is 5.09. The molecule has 1 amide bonds. The Morgan fingerprint density at radius 3 is 2.65 bits per heavy atom. The van der Waals surface area contributed by atoms with Crippen molar-refractivity contribution in [3.05, 3.63) is 60.1 Å². The van der Waals surface area contributed by atoms with E-state index in [1.807, 2.05) is 48.8 Å². The second-order valence-electron chi connectivity index (χ2n) is 11.4. The number of fused-ring (bicyclic) bond motifs is 1. The van der Waals surface area contributed by atoms with Crippen LogP contribution in [0.15, 0.2) is 42.9 Å². The van der Waals surface area contributed by atoms with E-state index in [1.165, 1.54) is 12.1 Å². The first-order valence-corrected chi connectivity index (χ1v) is 13.6. The number of likely N-dealkylation sites (tertiary alicyclic amines) is 1. The third-order valence-electron chi connectivity index (χ3n) is 7.50. The van der Waals surface area contributed by atoms with E-state index in [-0.39, 0.29) is 18.2 Å². The highest BCUT2D eigenvalue weighted by Gasteiger charge is 2.31. The zero-order valence-corrected chi connectivity index (χ0v) is 22.8. The molecule has 10 nitrogen and oxygen atoms in total. The number of nitrogens with zero attached hydrogens (tertiary/aromatic N) is 8. The first-order chi connectivity index (χ1) is 19.2. The van der Waals surface area contributed by atoms with E-state index in [9.17, 15) is 13.6 Å². The predicted molar refractivity (Wildman–Crippen MR) is 144 cm³/mol. The molecule has 2 aliphatic heterocycles. The van der Waals surface area contributed by atoms with E-state index in [0.29, 0.717) is 48.8 Å². The lowest BCUT2D eigenvalue weighted by molar-refractivity contribution is 0.0184. The summed E-state index contributed by atoms with van der Waals surface area (Å²) in [4.78, 5) is 21.0. The quantitative estimate of drug-likeness (QED) is 0.346. The van der Waals surface area contributed by atoms with E-state index < -0.39 is 17.2 Å². The van der Waals surface area contributed by atoms with Crippen LogP contribution >= 0.6 is 0 Å². The molecule has 0 spiro atoms. The summed E-state index contributed by atoms with van der Waals surface area (Å²) in [6, 6.07) is 5.24. The summed E-state index contributed by atoms with van der Waals surface area (Å²) in [7, 11) is 0. The van der Waals surface area contributed by atoms with Crippen molar-refractivity contribution < 1.29 is 18.3 Å². The van der Waals surface area contributed by atoms with Crippen LogP contribution in [0.5, 0.6) is 0 Å². The number of amides is 1. The maximum Gasteiger partial charge on any atom is 0.410 e. The maximum absolute atomic E-state index is 14.6. The molecule has 3 aromatic heterocycles. The molecule has 1 aromatic carbocycles. The van der Waals surface area contributed by atoms with Gasteiger partial charge in [0.15, 0.2) is 5.65 Å². The molecule has 2 fully saturated rings. The van der Waals surface area contributed by atoms with Gasteiger partial charge in [-0.15, -0.1) is 5.10 Å². The number of aromatic nitrogens is 6. The average Bonchev–Trinajstić information content (AvgIpc) is 3.68. The van der Waals surface area contributed by atoms with E-state index in [2.05, 4.69) is 15.4 Å². The van der Waals surface area contributed by atoms with Gasteiger partial charge in [-0.05, 0) is 70.7 Å². The summed E-state index contributed by atoms with van der Waals surface area (Å²) in [5.74, 6) is -0.205. The van der Waals surface area contributed by atoms with E-state index in [4.69, 9.17) is 9.72 Å². The normalized spacial score (nSPS) is 18.6. The van der Waals surface area contributed by atoms with Gasteiger partial charge in [-0.1, -0.05) is 5.21 Å². The van der Waals surface area contributed by atoms with Gasteiger partial charge in [0.2, 0.25) is 0 Å². The molecule has 2 aliphatic rings. The summed E-state index contributed by atoms with van der Waals surface area (Å²) < 4.78 is 37.6. The molecular weight excluding hydrogens is 518 g/mol. The molecule has 0 N–H and O–H groups in total. The number of anilines is 1. The minimum Gasteiger partial charge on any atom is -0.444 e. The van der Waals surface area contributed by atoms with Crippen molar-refractivity contribution in [2.75, 3.05) is 24.5 Å². The number of halogens is 2. The van der Waals surface area contributed by atoms with Crippen molar-refractivity contribution in [3.63, 3.8) is 0 Å². The fraction of sp³-hybridized carbons (Fsp3) is 0.464. The number of hydrogen-bond acceptors (Lipinski definition) is 7. The highest BCUT2D eigenvalue weighted by molar-refractivity contribution is 5.75. The number of carbonyl (C=O) groups is 1. The minimum atomic E-state index is -0.525. The highest BCUT2D eigenvalue weighted by atomic mass is 19.1. The molecule has 2 saturated heterocycles. The molecule has 40 heavy (non-hydrogen) atoms. The van der Waals surface area contributed by atoms with Crippen LogP contribution in [-0.4, -0.2) is 65.8 Å². The van der Waals surface area contributed by atoms with E-state index in [0.717, 1.165) is 30.9 Å². The van der Waals surface area contributed by atoms with Gasteiger partial charge >= 0.3 is 6.09 Å². The number of ether oxygens (including phenoxy) is 1. The summed E-state index contributed by atoms with van der Waals surface area (Å²) in [5.41, 5.74) is 1.79. The van der Waals surface area contributed by atoms with Gasteiger partial charge in [0.1, 0.15) is 28.7 Å². The fourth-order valence-electron chi connectivity index (χ4n) is 5.55. The first kappa shape index (κ1) is 26.1. The Hall–Kier alpha value is -4.09. The Kier molecular flexibility index (Phi) is 6.63. The van der Waals surface area contributed by atoms with Gasteiger partial charge in [0.25, 0.3) is 0 Å². The first-order valence-electron chi connectivity index (χ1n) is 13.6. The molecule has 6 rings (SSSR count). The van der Waals surface area contributed by atoms with E-state index >= 15 is 0 Å². The Morgan fingerprint density at radius 2 is 1.88 bits per heavy atom. The monoisotopic (exact) mass is 550 g/mol. The van der Waals surface area contributed by atoms with Crippen LogP contribution in [-0.2, 0) is 4.74 Å². The number of rotatable bonds is 4. The molecule has 4 aromatic rings. The number of carbonyl (C=O) groups excluding carboxylic acids is 1. The maximum atomic E-state index is 14.6. The van der Waals surface area contributed by atoms with Crippen LogP contribution in [0.3, 0.4) is 0 Å². The SMILES string of the molecule is CC(C)(C)OC(=O)N1CCC(n2cc(-c3cnn4ccc(N5CCC[C@@H]5c5cc(F)ccc5F)nc34)nn2)CC1. The summed E-state index contributed by atoms with van der Waals surface area (Å²) in [6.45, 7) is 7.44. The van der Waals surface area contributed by atoms with Crippen LogP contribution in [0, 0.1) is 11.6 Å². The standard InChI is InChI=1S/C28H32F2N8O2/c1-28(2,3)40-27(39)35-12-8-19(9-13-35)38-17-23(33-34-38)21-16-31-37-14-10-25(32-26(21)37)36-11-4-5-24(36)20-15-18(29)6-7-22(20)30/h6-7,10,14-17,19,24H,4-5,8-9,11-13H2,1-3H3/t24-/m1/s1. The lowest BCUT2D eigenvalue weighted by Gasteiger charge is -2.33. The molecular formula is C28H32F2N8O2. The Morgan fingerprint density at radius 1 is 1.07 bits per heavy atom. The predicted octanol–water partition coefficient (Wildman–Crippen LogP) is 5.18. The summed E-state index contributed by atoms with van der Waals surface area (Å²) in [5, 5.41) is 13.2. The van der Waals surface area contributed by atoms with Crippen molar-refractivity contribution in [2.45, 2.75) is 64.1 Å². The van der Waals surface area contributed by atoms with Gasteiger partial charge in [-0.2, -0.15) is 5.10 Å². The fourth-order valence-corrected chi connectivity index (χ4v) is 5.55. The molecule has 0 unspecified atom stereocenters. The summed E-state index contributed by atoms with van der Waals surface area (Å²) in [6.07, 6.45) is 8.16. The van der Waals surface area contributed by atoms with Gasteiger partial charge in [0.05, 0.1) is 30.0 Å². The zero-order chi connectivity index (χ0) is 28.0. The highest BCUT2D eigenvalue weighted by Crippen LogP contribution is 2.37. The molecule has 12 heteroatoms. The van der Waals surface area contributed by atoms with Crippen LogP contribution in [0.4, 0.5) is 19.4 Å². The zero-order valence-electron chi connectivity index (χ0n) is 22.8. The molecule has 5 heterocycles. The second kappa shape index (κ2) is 10.1. The van der Waals surface area contributed by atoms with E-state index in [1.54, 1.807) is 15.6 Å². The number of benzene rings is 1. The number of hydrogen-bond donors (Lipinski definition) is 0. The molecule has 1 atom stereocenters. The Bertz CT molecular complexity index is 1540. The molecule has 210 valence electrons. The topological polar surface area (TPSA) is 93.7 Å². The molecule has 0 radical (unpaired) electrons. The smallest absolute Gasteiger partial charge is 0.410 e. The van der Waals surface area contributed by atoms with Crippen molar-refractivity contribution in [3.8, 4) is 11.3 Å². The van der Waals surface area contributed by atoms with Gasteiger partial charge in [-0.25, -0.2) is 27.8 Å². The molecule has 0 bridgehead atoms. The average molecular weight is 551 g/mol.